The van der Waals surface area contributed by atoms with Gasteiger partial charge in [-0.05, 0) is 31.6 Å². The minimum Gasteiger partial charge on any atom is -0.352 e. The fourth-order valence-corrected chi connectivity index (χ4v) is 4.44. The summed E-state index contributed by atoms with van der Waals surface area (Å²) in [5, 5.41) is 1.25. The number of thiophene rings is 1. The lowest BCUT2D eigenvalue weighted by molar-refractivity contribution is 0.739. The zero-order valence-electron chi connectivity index (χ0n) is 11.4. The predicted octanol–water partition coefficient (Wildman–Crippen LogP) is 3.59. The molecule has 0 aliphatic carbocycles. The zero-order valence-corrected chi connectivity index (χ0v) is 13.1. The highest BCUT2D eigenvalue weighted by atomic mass is 32.2. The topological polar surface area (TPSA) is 29.0 Å². The van der Waals surface area contributed by atoms with Gasteiger partial charge in [-0.1, -0.05) is 6.92 Å². The predicted molar refractivity (Wildman–Crippen MR) is 85.5 cm³/mol. The lowest BCUT2D eigenvalue weighted by Crippen LogP contribution is -2.31. The van der Waals surface area contributed by atoms with Gasteiger partial charge in [-0.25, -0.2) is 9.97 Å². The lowest BCUT2D eigenvalue weighted by Gasteiger charge is -2.25. The zero-order chi connectivity index (χ0) is 13.2. The summed E-state index contributed by atoms with van der Waals surface area (Å²) in [5.41, 5.74) is 0. The van der Waals surface area contributed by atoms with Crippen molar-refractivity contribution >= 4 is 39.1 Å². The van der Waals surface area contributed by atoms with Crippen molar-refractivity contribution in [1.29, 1.82) is 0 Å². The van der Waals surface area contributed by atoms with Gasteiger partial charge in [0.25, 0.3) is 0 Å². The van der Waals surface area contributed by atoms with E-state index in [-0.39, 0.29) is 0 Å². The molecule has 1 aliphatic rings. The lowest BCUT2D eigenvalue weighted by atomic mass is 10.2. The summed E-state index contributed by atoms with van der Waals surface area (Å²) in [6.07, 6.45) is 7.56. The number of nitrogens with zero attached hydrogens (tertiary/aromatic N) is 3. The molecule has 0 amide bonds. The van der Waals surface area contributed by atoms with Gasteiger partial charge >= 0.3 is 0 Å². The molecule has 0 aromatic carbocycles. The average Bonchev–Trinajstić information content (AvgIpc) is 3.04. The fraction of sp³-hybridized carbons (Fsp3) is 0.571. The summed E-state index contributed by atoms with van der Waals surface area (Å²) in [7, 11) is 0. The summed E-state index contributed by atoms with van der Waals surface area (Å²) in [6.45, 7) is 3.33. The third-order valence-electron chi connectivity index (χ3n) is 3.72. The Labute approximate surface area is 122 Å². The minimum atomic E-state index is 0.637. The van der Waals surface area contributed by atoms with Crippen LogP contribution in [0.25, 0.3) is 10.2 Å². The molecule has 5 heteroatoms. The number of anilines is 1. The van der Waals surface area contributed by atoms with Crippen LogP contribution in [-0.2, 0) is 6.42 Å². The largest absolute Gasteiger partial charge is 0.352 e. The fourth-order valence-electron chi connectivity index (χ4n) is 2.78. The Morgan fingerprint density at radius 3 is 3.16 bits per heavy atom. The Bertz CT molecular complexity index is 567. The molecule has 1 fully saturated rings. The first kappa shape index (κ1) is 13.2. The summed E-state index contributed by atoms with van der Waals surface area (Å²) < 4.78 is 0. The molecule has 3 rings (SSSR count). The Morgan fingerprint density at radius 1 is 1.47 bits per heavy atom. The van der Waals surface area contributed by atoms with Crippen molar-refractivity contribution in [3.63, 3.8) is 0 Å². The second kappa shape index (κ2) is 5.67. The highest BCUT2D eigenvalue weighted by Gasteiger charge is 2.27. The molecule has 0 saturated carbocycles. The quantitative estimate of drug-likeness (QED) is 0.861. The van der Waals surface area contributed by atoms with E-state index in [2.05, 4.69) is 34.1 Å². The Balaban J connectivity index is 2.01. The number of aromatic nitrogens is 2. The molecule has 2 aromatic heterocycles. The van der Waals surface area contributed by atoms with E-state index < -0.39 is 0 Å². The van der Waals surface area contributed by atoms with Crippen molar-refractivity contribution in [3.05, 3.63) is 17.3 Å². The second-order valence-corrected chi connectivity index (χ2v) is 6.95. The number of hydrogen-bond acceptors (Lipinski definition) is 5. The molecule has 0 bridgehead atoms. The molecule has 1 aliphatic heterocycles. The third kappa shape index (κ3) is 2.46. The highest BCUT2D eigenvalue weighted by Crippen LogP contribution is 2.34. The molecule has 102 valence electrons. The number of rotatable bonds is 4. The van der Waals surface area contributed by atoms with Crippen molar-refractivity contribution in [2.45, 2.75) is 32.2 Å². The van der Waals surface area contributed by atoms with Crippen molar-refractivity contribution in [2.75, 3.05) is 23.5 Å². The van der Waals surface area contributed by atoms with Crippen LogP contribution in [0.2, 0.25) is 0 Å². The number of fused-ring (bicyclic) bond motifs is 1. The van der Waals surface area contributed by atoms with Gasteiger partial charge in [-0.15, -0.1) is 11.3 Å². The molecule has 3 nitrogen and oxygen atoms in total. The summed E-state index contributed by atoms with van der Waals surface area (Å²) in [4.78, 5) is 14.0. The minimum absolute atomic E-state index is 0.637. The smallest absolute Gasteiger partial charge is 0.141 e. The number of thioether (sulfide) groups is 1. The average molecular weight is 293 g/mol. The summed E-state index contributed by atoms with van der Waals surface area (Å²) in [5.74, 6) is 2.34. The molecule has 1 atom stereocenters. The molecule has 19 heavy (non-hydrogen) atoms. The first-order valence-corrected chi connectivity index (χ1v) is 9.03. The Morgan fingerprint density at radius 2 is 2.37 bits per heavy atom. The van der Waals surface area contributed by atoms with Crippen molar-refractivity contribution < 1.29 is 0 Å². The van der Waals surface area contributed by atoms with E-state index in [1.165, 1.54) is 28.9 Å². The van der Waals surface area contributed by atoms with Crippen LogP contribution < -0.4 is 4.90 Å². The van der Waals surface area contributed by atoms with E-state index in [9.17, 15) is 0 Å². The van der Waals surface area contributed by atoms with E-state index in [1.54, 1.807) is 17.7 Å². The Hall–Kier alpha value is -0.810. The maximum atomic E-state index is 4.58. The van der Waals surface area contributed by atoms with Crippen LogP contribution in [0.4, 0.5) is 5.82 Å². The SMILES string of the molecule is CCc1cc2c(N3CCCC3CSC)ncnc2s1. The van der Waals surface area contributed by atoms with E-state index in [1.807, 2.05) is 11.8 Å². The molecule has 0 N–H and O–H groups in total. The number of hydrogen-bond donors (Lipinski definition) is 0. The maximum Gasteiger partial charge on any atom is 0.141 e. The van der Waals surface area contributed by atoms with E-state index in [4.69, 9.17) is 0 Å². The van der Waals surface area contributed by atoms with Gasteiger partial charge in [0.05, 0.1) is 5.39 Å². The van der Waals surface area contributed by atoms with Crippen LogP contribution in [0.15, 0.2) is 12.4 Å². The molecule has 1 saturated heterocycles. The second-order valence-electron chi connectivity index (χ2n) is 4.93. The van der Waals surface area contributed by atoms with E-state index >= 15 is 0 Å². The first-order chi connectivity index (χ1) is 9.33. The molecule has 0 radical (unpaired) electrons. The van der Waals surface area contributed by atoms with Gasteiger partial charge in [-0.3, -0.25) is 0 Å². The van der Waals surface area contributed by atoms with Crippen molar-refractivity contribution in [2.24, 2.45) is 0 Å². The molecule has 0 spiro atoms. The van der Waals surface area contributed by atoms with E-state index in [0.717, 1.165) is 23.6 Å². The first-order valence-electron chi connectivity index (χ1n) is 6.82. The van der Waals surface area contributed by atoms with Crippen LogP contribution in [-0.4, -0.2) is 34.6 Å². The standard InChI is InChI=1S/C14H19N3S2/c1-3-11-7-12-13(15-9-16-14(12)19-11)17-6-4-5-10(17)8-18-2/h7,9-10H,3-6,8H2,1-2H3. The van der Waals surface area contributed by atoms with Gasteiger partial charge < -0.3 is 4.90 Å². The van der Waals surface area contributed by atoms with Crippen LogP contribution in [0.1, 0.15) is 24.6 Å². The van der Waals surface area contributed by atoms with Gasteiger partial charge in [0.15, 0.2) is 0 Å². The summed E-state index contributed by atoms with van der Waals surface area (Å²) >= 11 is 3.73. The molecule has 3 heterocycles. The monoisotopic (exact) mass is 293 g/mol. The molecular weight excluding hydrogens is 274 g/mol. The third-order valence-corrected chi connectivity index (χ3v) is 5.62. The normalized spacial score (nSPS) is 19.5. The molecular formula is C14H19N3S2. The maximum absolute atomic E-state index is 4.58. The highest BCUT2D eigenvalue weighted by molar-refractivity contribution is 7.98. The van der Waals surface area contributed by atoms with Gasteiger partial charge in [0.1, 0.15) is 17.0 Å². The molecule has 1 unspecified atom stereocenters. The van der Waals surface area contributed by atoms with Gasteiger partial charge in [-0.2, -0.15) is 11.8 Å². The van der Waals surface area contributed by atoms with Crippen LogP contribution in [0, 0.1) is 0 Å². The van der Waals surface area contributed by atoms with Crippen molar-refractivity contribution in [1.82, 2.24) is 9.97 Å². The van der Waals surface area contributed by atoms with Gasteiger partial charge in [0.2, 0.25) is 0 Å². The van der Waals surface area contributed by atoms with E-state index in [0.29, 0.717) is 6.04 Å². The van der Waals surface area contributed by atoms with Crippen LogP contribution >= 0.6 is 23.1 Å². The van der Waals surface area contributed by atoms with Gasteiger partial charge in [0, 0.05) is 23.2 Å². The Kier molecular flexibility index (Phi) is 3.93. The summed E-state index contributed by atoms with van der Waals surface area (Å²) in [6, 6.07) is 2.92. The van der Waals surface area contributed by atoms with Crippen molar-refractivity contribution in [3.8, 4) is 0 Å². The van der Waals surface area contributed by atoms with Crippen LogP contribution in [0.3, 0.4) is 0 Å². The molecule has 2 aromatic rings. The number of aryl methyl sites for hydroxylation is 1. The van der Waals surface area contributed by atoms with Crippen LogP contribution in [0.5, 0.6) is 0 Å².